The van der Waals surface area contributed by atoms with Crippen LogP contribution in [0.4, 0.5) is 0 Å². The van der Waals surface area contributed by atoms with Crippen LogP contribution in [0.25, 0.3) is 0 Å². The van der Waals surface area contributed by atoms with Gasteiger partial charge in [-0.05, 0) is 13.0 Å². The van der Waals surface area contributed by atoms with E-state index in [-0.39, 0.29) is 5.91 Å². The van der Waals surface area contributed by atoms with E-state index in [1.54, 1.807) is 11.8 Å². The molecular formula is C11H20N2O3. The van der Waals surface area contributed by atoms with E-state index < -0.39 is 11.9 Å². The van der Waals surface area contributed by atoms with Crippen LogP contribution in [0.1, 0.15) is 20.3 Å². The van der Waals surface area contributed by atoms with Crippen LogP contribution in [-0.2, 0) is 9.59 Å². The number of rotatable bonds is 4. The van der Waals surface area contributed by atoms with Crippen LogP contribution in [0.3, 0.4) is 0 Å². The highest BCUT2D eigenvalue weighted by Gasteiger charge is 2.30. The van der Waals surface area contributed by atoms with E-state index in [1.807, 2.05) is 0 Å². The fourth-order valence-electron chi connectivity index (χ4n) is 1.96. The molecule has 1 unspecified atom stereocenters. The van der Waals surface area contributed by atoms with Gasteiger partial charge >= 0.3 is 5.97 Å². The highest BCUT2D eigenvalue weighted by atomic mass is 16.4. The molecule has 0 spiro atoms. The summed E-state index contributed by atoms with van der Waals surface area (Å²) >= 11 is 0. The Morgan fingerprint density at radius 3 is 2.12 bits per heavy atom. The van der Waals surface area contributed by atoms with Gasteiger partial charge in [-0.3, -0.25) is 9.59 Å². The molecule has 0 saturated carbocycles. The van der Waals surface area contributed by atoms with Crippen molar-refractivity contribution in [2.75, 3.05) is 32.7 Å². The largest absolute Gasteiger partial charge is 0.481 e. The minimum Gasteiger partial charge on any atom is -0.481 e. The quantitative estimate of drug-likeness (QED) is 0.701. The summed E-state index contributed by atoms with van der Waals surface area (Å²) in [7, 11) is 0. The summed E-state index contributed by atoms with van der Waals surface area (Å²) in [4.78, 5) is 26.7. The zero-order valence-corrected chi connectivity index (χ0v) is 9.98. The highest BCUT2D eigenvalue weighted by Crippen LogP contribution is 2.11. The fourth-order valence-corrected chi connectivity index (χ4v) is 1.96. The van der Waals surface area contributed by atoms with Gasteiger partial charge in [0.2, 0.25) is 5.91 Å². The lowest BCUT2D eigenvalue weighted by Crippen LogP contribution is -2.51. The van der Waals surface area contributed by atoms with Crippen molar-refractivity contribution in [2.45, 2.75) is 20.3 Å². The number of nitrogens with zero attached hydrogens (tertiary/aromatic N) is 2. The molecule has 1 saturated heterocycles. The monoisotopic (exact) mass is 228 g/mol. The fraction of sp³-hybridized carbons (Fsp3) is 0.818. The molecule has 0 radical (unpaired) electrons. The molecule has 0 aromatic carbocycles. The smallest absolute Gasteiger partial charge is 0.316 e. The van der Waals surface area contributed by atoms with Gasteiger partial charge in [0.05, 0.1) is 0 Å². The normalized spacial score (nSPS) is 19.5. The number of hydrogen-bond donors (Lipinski definition) is 1. The topological polar surface area (TPSA) is 60.9 Å². The lowest BCUT2D eigenvalue weighted by atomic mass is 10.0. The van der Waals surface area contributed by atoms with Crippen molar-refractivity contribution < 1.29 is 14.7 Å². The molecule has 0 bridgehead atoms. The van der Waals surface area contributed by atoms with Gasteiger partial charge in [0.25, 0.3) is 0 Å². The summed E-state index contributed by atoms with van der Waals surface area (Å²) in [5.74, 6) is -2.11. The molecule has 1 N–H and O–H groups in total. The van der Waals surface area contributed by atoms with Crippen molar-refractivity contribution in [3.63, 3.8) is 0 Å². The zero-order chi connectivity index (χ0) is 12.1. The van der Waals surface area contributed by atoms with Gasteiger partial charge in [-0.15, -0.1) is 0 Å². The van der Waals surface area contributed by atoms with Crippen LogP contribution in [-0.4, -0.2) is 59.5 Å². The number of aliphatic carboxylic acids is 1. The summed E-state index contributed by atoms with van der Waals surface area (Å²) < 4.78 is 0. The van der Waals surface area contributed by atoms with Gasteiger partial charge in [-0.25, -0.2) is 0 Å². The second-order valence-corrected chi connectivity index (χ2v) is 4.06. The lowest BCUT2D eigenvalue weighted by Gasteiger charge is -2.35. The first-order valence-electron chi connectivity index (χ1n) is 5.84. The molecule has 1 aliphatic heterocycles. The molecule has 1 rings (SSSR count). The molecule has 0 aromatic rings. The number of piperazine rings is 1. The lowest BCUT2D eigenvalue weighted by molar-refractivity contribution is -0.152. The van der Waals surface area contributed by atoms with Crippen molar-refractivity contribution in [3.8, 4) is 0 Å². The van der Waals surface area contributed by atoms with Crippen molar-refractivity contribution in [2.24, 2.45) is 5.92 Å². The van der Waals surface area contributed by atoms with Gasteiger partial charge in [0.1, 0.15) is 5.92 Å². The van der Waals surface area contributed by atoms with Crippen LogP contribution < -0.4 is 0 Å². The SMILES string of the molecule is CCC(C(=O)O)C(=O)N1CCN(CC)CC1. The molecule has 16 heavy (non-hydrogen) atoms. The van der Waals surface area contributed by atoms with E-state index in [9.17, 15) is 9.59 Å². The van der Waals surface area contributed by atoms with Gasteiger partial charge in [0, 0.05) is 26.2 Å². The van der Waals surface area contributed by atoms with Crippen LogP contribution in [0.5, 0.6) is 0 Å². The first kappa shape index (κ1) is 13.0. The molecule has 1 heterocycles. The predicted octanol–water partition coefficient (Wildman–Crippen LogP) is 0.261. The summed E-state index contributed by atoms with van der Waals surface area (Å²) in [5.41, 5.74) is 0. The molecule has 92 valence electrons. The van der Waals surface area contributed by atoms with E-state index in [0.29, 0.717) is 19.5 Å². The van der Waals surface area contributed by atoms with Crippen molar-refractivity contribution in [3.05, 3.63) is 0 Å². The third-order valence-corrected chi connectivity index (χ3v) is 3.14. The van der Waals surface area contributed by atoms with Crippen molar-refractivity contribution in [1.82, 2.24) is 9.80 Å². The minimum atomic E-state index is -1.01. The molecule has 0 aliphatic carbocycles. The Balaban J connectivity index is 2.52. The maximum absolute atomic E-state index is 11.9. The second kappa shape index (κ2) is 5.84. The average Bonchev–Trinajstić information content (AvgIpc) is 2.29. The number of likely N-dealkylation sites (N-methyl/N-ethyl adjacent to an activating group) is 1. The van der Waals surface area contributed by atoms with E-state index >= 15 is 0 Å². The summed E-state index contributed by atoms with van der Waals surface area (Å²) in [6.45, 7) is 7.80. The molecular weight excluding hydrogens is 208 g/mol. The molecule has 1 aliphatic rings. The summed E-state index contributed by atoms with van der Waals surface area (Å²) in [6.07, 6.45) is 0.363. The minimum absolute atomic E-state index is 0.231. The Morgan fingerprint density at radius 2 is 1.75 bits per heavy atom. The summed E-state index contributed by atoms with van der Waals surface area (Å²) in [6, 6.07) is 0. The maximum Gasteiger partial charge on any atom is 0.316 e. The van der Waals surface area contributed by atoms with Crippen LogP contribution >= 0.6 is 0 Å². The van der Waals surface area contributed by atoms with Gasteiger partial charge in [0.15, 0.2) is 0 Å². The molecule has 0 aromatic heterocycles. The van der Waals surface area contributed by atoms with Crippen molar-refractivity contribution in [1.29, 1.82) is 0 Å². The van der Waals surface area contributed by atoms with E-state index in [1.165, 1.54) is 0 Å². The maximum atomic E-state index is 11.9. The molecule has 5 nitrogen and oxygen atoms in total. The molecule has 1 fully saturated rings. The van der Waals surface area contributed by atoms with Crippen LogP contribution in [0.2, 0.25) is 0 Å². The first-order valence-corrected chi connectivity index (χ1v) is 5.84. The number of carbonyl (C=O) groups is 2. The first-order chi connectivity index (χ1) is 7.60. The Hall–Kier alpha value is -1.10. The van der Waals surface area contributed by atoms with Gasteiger partial charge < -0.3 is 14.9 Å². The second-order valence-electron chi connectivity index (χ2n) is 4.06. The summed E-state index contributed by atoms with van der Waals surface area (Å²) in [5, 5.41) is 8.91. The molecule has 1 amide bonds. The van der Waals surface area contributed by atoms with Gasteiger partial charge in [-0.2, -0.15) is 0 Å². The number of carboxylic acids is 1. The number of carbonyl (C=O) groups excluding carboxylic acids is 1. The zero-order valence-electron chi connectivity index (χ0n) is 9.98. The third-order valence-electron chi connectivity index (χ3n) is 3.14. The van der Waals surface area contributed by atoms with Crippen LogP contribution in [0, 0.1) is 5.92 Å². The molecule has 1 atom stereocenters. The van der Waals surface area contributed by atoms with Gasteiger partial charge in [-0.1, -0.05) is 13.8 Å². The predicted molar refractivity (Wildman–Crippen MR) is 60.1 cm³/mol. The number of carboxylic acid groups (broad SMARTS) is 1. The Kier molecular flexibility index (Phi) is 4.73. The standard InChI is InChI=1S/C11H20N2O3/c1-3-9(11(15)16)10(14)13-7-5-12(4-2)6-8-13/h9H,3-8H2,1-2H3,(H,15,16). The Bertz CT molecular complexity index is 260. The van der Waals surface area contributed by atoms with E-state index in [4.69, 9.17) is 5.11 Å². The highest BCUT2D eigenvalue weighted by molar-refractivity contribution is 5.96. The number of hydrogen-bond acceptors (Lipinski definition) is 3. The van der Waals surface area contributed by atoms with E-state index in [0.717, 1.165) is 19.6 Å². The third kappa shape index (κ3) is 2.95. The Morgan fingerprint density at radius 1 is 1.19 bits per heavy atom. The van der Waals surface area contributed by atoms with Crippen LogP contribution in [0.15, 0.2) is 0 Å². The number of amides is 1. The Labute approximate surface area is 96.0 Å². The molecule has 5 heteroatoms. The average molecular weight is 228 g/mol. The van der Waals surface area contributed by atoms with E-state index in [2.05, 4.69) is 11.8 Å². The van der Waals surface area contributed by atoms with Crippen molar-refractivity contribution >= 4 is 11.9 Å².